The van der Waals surface area contributed by atoms with Crippen LogP contribution in [0.1, 0.15) is 19.5 Å². The molecule has 0 aliphatic rings. The molecule has 1 unspecified atom stereocenters. The van der Waals surface area contributed by atoms with Crippen LogP contribution in [-0.4, -0.2) is 22.1 Å². The lowest BCUT2D eigenvalue weighted by molar-refractivity contribution is -0.140. The minimum absolute atomic E-state index is 0.00213. The fraction of sp³-hybridized carbons (Fsp3) is 0.333. The van der Waals surface area contributed by atoms with Gasteiger partial charge in [0.1, 0.15) is 16.9 Å². The van der Waals surface area contributed by atoms with Crippen LogP contribution in [0.25, 0.3) is 10.6 Å². The van der Waals surface area contributed by atoms with E-state index >= 15 is 0 Å². The molecule has 21 heavy (non-hydrogen) atoms. The van der Waals surface area contributed by atoms with Crippen molar-refractivity contribution in [2.45, 2.75) is 26.4 Å². The number of hydrogen-bond acceptors (Lipinski definition) is 4. The minimum Gasteiger partial charge on any atom is -0.480 e. The monoisotopic (exact) mass is 308 g/mol. The van der Waals surface area contributed by atoms with Gasteiger partial charge in [-0.15, -0.1) is 11.3 Å². The second kappa shape index (κ2) is 6.78. The Bertz CT molecular complexity index is 610. The molecular formula is C15H17FN2O2S. The summed E-state index contributed by atoms with van der Waals surface area (Å²) in [6.45, 7) is 4.11. The van der Waals surface area contributed by atoms with Crippen molar-refractivity contribution in [3.05, 3.63) is 41.2 Å². The summed E-state index contributed by atoms with van der Waals surface area (Å²) in [5, 5.41) is 14.8. The molecule has 0 saturated carbocycles. The molecule has 0 aliphatic heterocycles. The third kappa shape index (κ3) is 4.09. The predicted molar refractivity (Wildman–Crippen MR) is 80.6 cm³/mol. The molecular weight excluding hydrogens is 291 g/mol. The first-order valence-corrected chi connectivity index (χ1v) is 7.52. The number of hydrogen-bond donors (Lipinski definition) is 2. The van der Waals surface area contributed by atoms with Crippen LogP contribution in [0.5, 0.6) is 0 Å². The Kier molecular flexibility index (Phi) is 5.03. The van der Waals surface area contributed by atoms with Gasteiger partial charge < -0.3 is 5.11 Å². The molecule has 1 aromatic carbocycles. The van der Waals surface area contributed by atoms with Crippen molar-refractivity contribution in [3.8, 4) is 10.6 Å². The number of benzene rings is 1. The standard InChI is InChI=1S/C15H17FN2O2S/c1-9(2)13(15(19)20)17-7-12-8-21-14(18-12)10-3-5-11(16)6-4-10/h3-6,8-9,13,17H,7H2,1-2H3,(H,19,20). The fourth-order valence-electron chi connectivity index (χ4n) is 1.94. The molecule has 2 N–H and O–H groups in total. The van der Waals surface area contributed by atoms with Crippen LogP contribution in [0.4, 0.5) is 4.39 Å². The molecule has 6 heteroatoms. The van der Waals surface area contributed by atoms with E-state index in [4.69, 9.17) is 5.11 Å². The molecule has 0 bridgehead atoms. The van der Waals surface area contributed by atoms with E-state index in [1.165, 1.54) is 23.5 Å². The van der Waals surface area contributed by atoms with E-state index in [0.717, 1.165) is 16.3 Å². The minimum atomic E-state index is -0.862. The summed E-state index contributed by atoms with van der Waals surface area (Å²) in [6.07, 6.45) is 0. The van der Waals surface area contributed by atoms with E-state index in [1.807, 2.05) is 19.2 Å². The second-order valence-corrected chi connectivity index (χ2v) is 5.95. The first-order chi connectivity index (χ1) is 9.97. The highest BCUT2D eigenvalue weighted by molar-refractivity contribution is 7.13. The molecule has 0 fully saturated rings. The number of nitrogens with zero attached hydrogens (tertiary/aromatic N) is 1. The van der Waals surface area contributed by atoms with E-state index in [2.05, 4.69) is 10.3 Å². The summed E-state index contributed by atoms with van der Waals surface area (Å²) in [4.78, 5) is 15.5. The average molecular weight is 308 g/mol. The van der Waals surface area contributed by atoms with Crippen molar-refractivity contribution in [1.82, 2.24) is 10.3 Å². The number of rotatable bonds is 6. The van der Waals surface area contributed by atoms with E-state index in [-0.39, 0.29) is 11.7 Å². The van der Waals surface area contributed by atoms with Gasteiger partial charge in [0.2, 0.25) is 0 Å². The molecule has 1 heterocycles. The fourth-order valence-corrected chi connectivity index (χ4v) is 2.76. The van der Waals surface area contributed by atoms with Gasteiger partial charge in [-0.1, -0.05) is 13.8 Å². The first kappa shape index (κ1) is 15.6. The van der Waals surface area contributed by atoms with Gasteiger partial charge in [0.25, 0.3) is 0 Å². The highest BCUT2D eigenvalue weighted by Crippen LogP contribution is 2.23. The number of thiazole rings is 1. The Hall–Kier alpha value is -1.79. The van der Waals surface area contributed by atoms with Crippen LogP contribution in [0, 0.1) is 11.7 Å². The van der Waals surface area contributed by atoms with Crippen LogP contribution in [0.15, 0.2) is 29.6 Å². The van der Waals surface area contributed by atoms with Gasteiger partial charge in [0.15, 0.2) is 0 Å². The van der Waals surface area contributed by atoms with Gasteiger partial charge in [0, 0.05) is 17.5 Å². The van der Waals surface area contributed by atoms with Gasteiger partial charge in [-0.2, -0.15) is 0 Å². The third-order valence-corrected chi connectivity index (χ3v) is 4.02. The van der Waals surface area contributed by atoms with Gasteiger partial charge >= 0.3 is 5.97 Å². The Morgan fingerprint density at radius 3 is 2.62 bits per heavy atom. The summed E-state index contributed by atoms with van der Waals surface area (Å²) in [6, 6.07) is 5.56. The zero-order valence-corrected chi connectivity index (χ0v) is 12.7. The van der Waals surface area contributed by atoms with Crippen molar-refractivity contribution in [2.24, 2.45) is 5.92 Å². The van der Waals surface area contributed by atoms with Crippen molar-refractivity contribution < 1.29 is 14.3 Å². The van der Waals surface area contributed by atoms with Crippen molar-refractivity contribution >= 4 is 17.3 Å². The molecule has 0 saturated heterocycles. The zero-order chi connectivity index (χ0) is 15.4. The topological polar surface area (TPSA) is 62.2 Å². The number of aromatic nitrogens is 1. The maximum absolute atomic E-state index is 12.9. The first-order valence-electron chi connectivity index (χ1n) is 6.64. The van der Waals surface area contributed by atoms with Crippen molar-refractivity contribution in [2.75, 3.05) is 0 Å². The molecule has 0 aliphatic carbocycles. The summed E-state index contributed by atoms with van der Waals surface area (Å²) >= 11 is 1.46. The lowest BCUT2D eigenvalue weighted by Gasteiger charge is -2.16. The van der Waals surface area contributed by atoms with Gasteiger partial charge in [-0.25, -0.2) is 9.37 Å². The van der Waals surface area contributed by atoms with Crippen LogP contribution >= 0.6 is 11.3 Å². The van der Waals surface area contributed by atoms with E-state index in [1.54, 1.807) is 12.1 Å². The Labute approximate surface area is 126 Å². The van der Waals surface area contributed by atoms with E-state index < -0.39 is 12.0 Å². The maximum Gasteiger partial charge on any atom is 0.320 e. The molecule has 0 amide bonds. The SMILES string of the molecule is CC(C)C(NCc1csc(-c2ccc(F)cc2)n1)C(=O)O. The Morgan fingerprint density at radius 1 is 1.38 bits per heavy atom. The Morgan fingerprint density at radius 2 is 2.05 bits per heavy atom. The van der Waals surface area contributed by atoms with Crippen LogP contribution in [-0.2, 0) is 11.3 Å². The maximum atomic E-state index is 12.9. The molecule has 1 aromatic heterocycles. The average Bonchev–Trinajstić information content (AvgIpc) is 2.87. The smallest absolute Gasteiger partial charge is 0.320 e. The molecule has 4 nitrogen and oxygen atoms in total. The molecule has 0 spiro atoms. The van der Waals surface area contributed by atoms with Crippen molar-refractivity contribution in [3.63, 3.8) is 0 Å². The number of halogens is 1. The molecule has 112 valence electrons. The highest BCUT2D eigenvalue weighted by Gasteiger charge is 2.20. The number of carbonyl (C=O) groups is 1. The van der Waals surface area contributed by atoms with Crippen LogP contribution in [0.3, 0.4) is 0 Å². The molecule has 2 rings (SSSR count). The van der Waals surface area contributed by atoms with Gasteiger partial charge in [0.05, 0.1) is 5.69 Å². The third-order valence-electron chi connectivity index (χ3n) is 3.08. The largest absolute Gasteiger partial charge is 0.480 e. The predicted octanol–water partition coefficient (Wildman–Crippen LogP) is 3.15. The summed E-state index contributed by atoms with van der Waals surface area (Å²) in [5.74, 6) is -1.14. The quantitative estimate of drug-likeness (QED) is 0.860. The lowest BCUT2D eigenvalue weighted by atomic mass is 10.1. The van der Waals surface area contributed by atoms with Gasteiger partial charge in [-0.3, -0.25) is 10.1 Å². The number of nitrogens with one attached hydrogen (secondary N) is 1. The number of aliphatic carboxylic acids is 1. The van der Waals surface area contributed by atoms with Gasteiger partial charge in [-0.05, 0) is 30.2 Å². The summed E-state index contributed by atoms with van der Waals surface area (Å²) < 4.78 is 12.9. The number of carboxylic acids is 1. The normalized spacial score (nSPS) is 12.6. The summed E-state index contributed by atoms with van der Waals surface area (Å²) in [7, 11) is 0. The molecule has 1 atom stereocenters. The molecule has 0 radical (unpaired) electrons. The lowest BCUT2D eigenvalue weighted by Crippen LogP contribution is -2.40. The summed E-state index contributed by atoms with van der Waals surface area (Å²) in [5.41, 5.74) is 1.64. The number of carboxylic acid groups (broad SMARTS) is 1. The molecule has 2 aromatic rings. The second-order valence-electron chi connectivity index (χ2n) is 5.09. The van der Waals surface area contributed by atoms with Crippen LogP contribution in [0.2, 0.25) is 0 Å². The highest BCUT2D eigenvalue weighted by atomic mass is 32.1. The van der Waals surface area contributed by atoms with Crippen LogP contribution < -0.4 is 5.32 Å². The van der Waals surface area contributed by atoms with E-state index in [0.29, 0.717) is 6.54 Å². The van der Waals surface area contributed by atoms with E-state index in [9.17, 15) is 9.18 Å². The van der Waals surface area contributed by atoms with Crippen molar-refractivity contribution in [1.29, 1.82) is 0 Å². The Balaban J connectivity index is 2.03. The zero-order valence-electron chi connectivity index (χ0n) is 11.8.